The van der Waals surface area contributed by atoms with E-state index >= 15 is 0 Å². The zero-order valence-corrected chi connectivity index (χ0v) is 5.96. The summed E-state index contributed by atoms with van der Waals surface area (Å²) in [6, 6.07) is 12.2. The monoisotopic (exact) mass is 137 g/mol. The zero-order valence-electron chi connectivity index (χ0n) is 5.07. The second-order valence-corrected chi connectivity index (χ2v) is 2.50. The third kappa shape index (κ3) is 2.88. The molecule has 0 amide bonds. The molecule has 0 bridgehead atoms. The molecule has 0 radical (unpaired) electrons. The van der Waals surface area contributed by atoms with Crippen molar-refractivity contribution in [2.75, 3.05) is 0 Å². The van der Waals surface area contributed by atoms with E-state index in [0.29, 0.717) is 0 Å². The predicted octanol–water partition coefficient (Wildman–Crippen LogP) is 2.60. The molecular weight excluding hydrogens is 128 g/mol. The van der Waals surface area contributed by atoms with Gasteiger partial charge in [-0.1, -0.05) is 24.3 Å². The Hall–Kier alpha value is -0.820. The lowest BCUT2D eigenvalue weighted by molar-refractivity contribution is 1.82. The molecule has 0 saturated heterocycles. The van der Waals surface area contributed by atoms with Crippen LogP contribution in [0.3, 0.4) is 0 Å². The molecule has 0 fully saturated rings. The van der Waals surface area contributed by atoms with Gasteiger partial charge in [0.05, 0.1) is 0 Å². The summed E-state index contributed by atoms with van der Waals surface area (Å²) >= 11 is 1.25. The Bertz CT molecular complexity index is 126. The van der Waals surface area contributed by atoms with Crippen LogP contribution in [0, 0.1) is 0 Å². The summed E-state index contributed by atoms with van der Waals surface area (Å²) in [7, 11) is 0. The van der Waals surface area contributed by atoms with Gasteiger partial charge in [0.15, 0.2) is 0 Å². The Kier molecular flexibility index (Phi) is 2.87. The molecule has 0 aliphatic rings. The minimum atomic E-state index is 1.25. The maximum atomic E-state index is 2.10. The molecule has 0 atom stereocenters. The zero-order chi connectivity index (χ0) is 6.36. The third-order valence-electron chi connectivity index (χ3n) is 0.900. The Balaban J connectivity index is 3.04. The van der Waals surface area contributed by atoms with Crippen LogP contribution in [0.1, 0.15) is 0 Å². The van der Waals surface area contributed by atoms with Gasteiger partial charge in [0.1, 0.15) is 10.8 Å². The number of hydrogen-bond acceptors (Lipinski definition) is 0. The van der Waals surface area contributed by atoms with E-state index in [1.807, 2.05) is 36.4 Å². The van der Waals surface area contributed by atoms with Gasteiger partial charge in [0.25, 0.3) is 0 Å². The van der Waals surface area contributed by atoms with E-state index < -0.39 is 0 Å². The molecule has 1 heteroatoms. The standard InChI is InChI=1S/C8H8S/c1-2-4-6-8-9-7-5-3-1/h1-8H/p+1. The van der Waals surface area contributed by atoms with Gasteiger partial charge in [-0.05, 0) is 23.5 Å². The first-order valence-electron chi connectivity index (χ1n) is 2.85. The Morgan fingerprint density at radius 1 is 0.556 bits per heavy atom. The van der Waals surface area contributed by atoms with Crippen LogP contribution in [0.2, 0.25) is 0 Å². The van der Waals surface area contributed by atoms with E-state index in [2.05, 4.69) is 10.8 Å². The minimum Gasteiger partial charge on any atom is -0.0621 e. The van der Waals surface area contributed by atoms with Crippen molar-refractivity contribution in [3.8, 4) is 0 Å². The van der Waals surface area contributed by atoms with Gasteiger partial charge in [0, 0.05) is 0 Å². The smallest absolute Gasteiger partial charge is 0.0621 e. The Morgan fingerprint density at radius 2 is 1.00 bits per heavy atom. The molecule has 0 unspecified atom stereocenters. The molecule has 0 saturated carbocycles. The summed E-state index contributed by atoms with van der Waals surface area (Å²) in [5.74, 6) is 0. The van der Waals surface area contributed by atoms with Gasteiger partial charge < -0.3 is 0 Å². The quantitative estimate of drug-likeness (QED) is 0.482. The van der Waals surface area contributed by atoms with Crippen LogP contribution in [0.5, 0.6) is 0 Å². The van der Waals surface area contributed by atoms with Gasteiger partial charge in [-0.3, -0.25) is 0 Å². The first-order valence-corrected chi connectivity index (χ1v) is 3.88. The molecule has 0 spiro atoms. The topological polar surface area (TPSA) is 0 Å². The van der Waals surface area contributed by atoms with Crippen LogP contribution in [-0.4, -0.2) is 0 Å². The van der Waals surface area contributed by atoms with Crippen LogP contribution in [0.25, 0.3) is 0 Å². The fourth-order valence-electron chi connectivity index (χ4n) is 0.505. The first-order chi connectivity index (χ1) is 4.50. The maximum absolute atomic E-state index is 2.10. The van der Waals surface area contributed by atoms with E-state index in [1.54, 1.807) is 0 Å². The van der Waals surface area contributed by atoms with Crippen molar-refractivity contribution in [3.63, 3.8) is 0 Å². The molecular formula is C8H9S+. The lowest BCUT2D eigenvalue weighted by Crippen LogP contribution is -1.38. The fourth-order valence-corrected chi connectivity index (χ4v) is 1.00. The van der Waals surface area contributed by atoms with Gasteiger partial charge in [-0.25, -0.2) is 0 Å². The molecule has 0 aliphatic heterocycles. The second-order valence-electron chi connectivity index (χ2n) is 1.60. The van der Waals surface area contributed by atoms with Crippen LogP contribution in [0.15, 0.2) is 47.2 Å². The third-order valence-corrected chi connectivity index (χ3v) is 1.59. The maximum Gasteiger partial charge on any atom is 0.135 e. The molecule has 0 nitrogen and oxygen atoms in total. The van der Waals surface area contributed by atoms with Crippen LogP contribution < -0.4 is 0 Å². The lowest BCUT2D eigenvalue weighted by Gasteiger charge is -1.58. The van der Waals surface area contributed by atoms with Crippen LogP contribution in [-0.2, 0) is 0 Å². The van der Waals surface area contributed by atoms with E-state index in [-0.39, 0.29) is 0 Å². The van der Waals surface area contributed by atoms with Crippen molar-refractivity contribution in [1.82, 2.24) is 0 Å². The molecule has 0 N–H and O–H groups in total. The normalized spacial score (nSPS) is 8.00. The fraction of sp³-hybridized carbons (Fsp3) is 0. The van der Waals surface area contributed by atoms with Gasteiger partial charge >= 0.3 is 0 Å². The number of rotatable bonds is 0. The average Bonchev–Trinajstić information content (AvgIpc) is 2.00. The van der Waals surface area contributed by atoms with E-state index in [4.69, 9.17) is 0 Å². The van der Waals surface area contributed by atoms with E-state index in [9.17, 15) is 0 Å². The molecule has 1 heterocycles. The molecule has 1 aromatic heterocycles. The van der Waals surface area contributed by atoms with Crippen molar-refractivity contribution < 1.29 is 0 Å². The van der Waals surface area contributed by atoms with Crippen LogP contribution >= 0.6 is 11.3 Å². The first kappa shape index (κ1) is 6.30. The van der Waals surface area contributed by atoms with Gasteiger partial charge in [0.2, 0.25) is 0 Å². The molecule has 46 valence electrons. The van der Waals surface area contributed by atoms with Crippen LogP contribution in [0.4, 0.5) is 0 Å². The van der Waals surface area contributed by atoms with E-state index in [1.165, 1.54) is 11.3 Å². The van der Waals surface area contributed by atoms with Crippen molar-refractivity contribution in [2.45, 2.75) is 0 Å². The lowest BCUT2D eigenvalue weighted by atomic mass is 10.5. The van der Waals surface area contributed by atoms with Crippen molar-refractivity contribution in [1.29, 1.82) is 0 Å². The highest BCUT2D eigenvalue weighted by Crippen LogP contribution is 1.88. The van der Waals surface area contributed by atoms with Gasteiger partial charge in [-0.2, -0.15) is 0 Å². The summed E-state index contributed by atoms with van der Waals surface area (Å²) in [5.41, 5.74) is 0. The highest BCUT2D eigenvalue weighted by Gasteiger charge is 1.64. The molecule has 0 aliphatic carbocycles. The van der Waals surface area contributed by atoms with E-state index in [0.717, 1.165) is 0 Å². The summed E-state index contributed by atoms with van der Waals surface area (Å²) in [6.45, 7) is 0. The minimum absolute atomic E-state index is 1.25. The highest BCUT2D eigenvalue weighted by atomic mass is 32.1. The molecule has 9 heavy (non-hydrogen) atoms. The Labute approximate surface area is 59.1 Å². The summed E-state index contributed by atoms with van der Waals surface area (Å²) < 4.78 is 0. The summed E-state index contributed by atoms with van der Waals surface area (Å²) in [4.78, 5) is 0. The molecule has 1 rings (SSSR count). The highest BCUT2D eigenvalue weighted by molar-refractivity contribution is 7.07. The number of hydrogen-bond donors (Lipinski definition) is 0. The summed E-state index contributed by atoms with van der Waals surface area (Å²) in [5, 5.41) is 4.19. The predicted molar refractivity (Wildman–Crippen MR) is 43.3 cm³/mol. The summed E-state index contributed by atoms with van der Waals surface area (Å²) in [6.07, 6.45) is 0. The Morgan fingerprint density at radius 3 is 1.56 bits per heavy atom. The van der Waals surface area contributed by atoms with Gasteiger partial charge in [-0.15, -0.1) is 0 Å². The van der Waals surface area contributed by atoms with Crippen molar-refractivity contribution in [2.24, 2.45) is 0 Å². The average molecular weight is 137 g/mol. The van der Waals surface area contributed by atoms with Crippen molar-refractivity contribution in [3.05, 3.63) is 47.2 Å². The SMILES string of the molecule is c1cccc[sH+]ccc1. The molecule has 0 aromatic carbocycles. The van der Waals surface area contributed by atoms with Crippen molar-refractivity contribution >= 4 is 11.3 Å². The largest absolute Gasteiger partial charge is 0.135 e. The second kappa shape index (κ2) is 4.10. The molecule has 1 aromatic rings.